The Balaban J connectivity index is 1.69. The van der Waals surface area contributed by atoms with E-state index in [0.717, 1.165) is 33.1 Å². The minimum atomic E-state index is -0.0403. The molecule has 1 aliphatic heterocycles. The first-order valence-corrected chi connectivity index (χ1v) is 10.2. The number of nitrogens with two attached hydrogens (primary N) is 1. The molecule has 2 aromatic heterocycles. The molecule has 4 rings (SSSR count). The average Bonchev–Trinajstić information content (AvgIpc) is 3.33. The van der Waals surface area contributed by atoms with Crippen molar-refractivity contribution in [2.24, 2.45) is 0 Å². The second-order valence-electron chi connectivity index (χ2n) is 7.21. The number of carbonyl (C=O) groups excluding carboxylic acids is 1. The summed E-state index contributed by atoms with van der Waals surface area (Å²) in [5.41, 5.74) is 11.2. The van der Waals surface area contributed by atoms with Crippen LogP contribution in [0.15, 0.2) is 34.8 Å². The van der Waals surface area contributed by atoms with Crippen LogP contribution in [0.25, 0.3) is 11.0 Å². The van der Waals surface area contributed by atoms with E-state index in [4.69, 9.17) is 10.5 Å². The number of H-pyrrole nitrogens is 1. The number of carbonyl (C=O) groups is 1. The highest BCUT2D eigenvalue weighted by atomic mass is 79.9. The molecule has 0 spiro atoms. The normalized spacial score (nSPS) is 14.2. The van der Waals surface area contributed by atoms with Gasteiger partial charge in [0.15, 0.2) is 0 Å². The summed E-state index contributed by atoms with van der Waals surface area (Å²) in [6.07, 6.45) is 0.872. The SMILES string of the molecule is CC[C@@H](C)N(Cc1ccc(Br)cc1)C(=O)c1cc2nc(N)c3c(c2[nH]1)COC3. The van der Waals surface area contributed by atoms with Gasteiger partial charge >= 0.3 is 0 Å². The molecule has 0 radical (unpaired) electrons. The van der Waals surface area contributed by atoms with Crippen LogP contribution in [0.4, 0.5) is 5.82 Å². The molecule has 0 saturated heterocycles. The van der Waals surface area contributed by atoms with E-state index in [2.05, 4.69) is 39.7 Å². The lowest BCUT2D eigenvalue weighted by molar-refractivity contribution is 0.0666. The predicted octanol–water partition coefficient (Wildman–Crippen LogP) is 4.38. The second kappa shape index (κ2) is 7.56. The number of hydrogen-bond donors (Lipinski definition) is 2. The van der Waals surface area contributed by atoms with E-state index < -0.39 is 0 Å². The molecule has 1 aromatic carbocycles. The lowest BCUT2D eigenvalue weighted by atomic mass is 10.1. The molecule has 1 amide bonds. The molecule has 0 bridgehead atoms. The van der Waals surface area contributed by atoms with E-state index in [9.17, 15) is 4.79 Å². The third-order valence-electron chi connectivity index (χ3n) is 5.39. The quantitative estimate of drug-likeness (QED) is 0.613. The minimum absolute atomic E-state index is 0.0403. The molecule has 0 unspecified atom stereocenters. The zero-order valence-corrected chi connectivity index (χ0v) is 17.5. The number of ether oxygens (including phenoxy) is 1. The second-order valence-corrected chi connectivity index (χ2v) is 8.12. The van der Waals surface area contributed by atoms with Crippen LogP contribution in [-0.2, 0) is 24.5 Å². The summed E-state index contributed by atoms with van der Waals surface area (Å²) >= 11 is 3.46. The molecule has 0 aliphatic carbocycles. The summed E-state index contributed by atoms with van der Waals surface area (Å²) in [4.78, 5) is 23.0. The number of benzene rings is 1. The lowest BCUT2D eigenvalue weighted by Crippen LogP contribution is -2.38. The van der Waals surface area contributed by atoms with E-state index in [0.29, 0.717) is 36.8 Å². The summed E-state index contributed by atoms with van der Waals surface area (Å²) in [6.45, 7) is 5.66. The third kappa shape index (κ3) is 3.40. The van der Waals surface area contributed by atoms with E-state index in [1.54, 1.807) is 6.07 Å². The van der Waals surface area contributed by atoms with Crippen molar-refractivity contribution in [3.05, 3.63) is 57.2 Å². The van der Waals surface area contributed by atoms with Gasteiger partial charge in [0, 0.05) is 28.2 Å². The Morgan fingerprint density at radius 2 is 2.04 bits per heavy atom. The molecular formula is C21H23BrN4O2. The number of nitrogens with one attached hydrogen (secondary N) is 1. The number of anilines is 1. The topological polar surface area (TPSA) is 84.2 Å². The smallest absolute Gasteiger partial charge is 0.270 e. The molecule has 1 atom stereocenters. The molecule has 3 N–H and O–H groups in total. The zero-order chi connectivity index (χ0) is 19.8. The number of nitrogen functional groups attached to an aromatic ring is 1. The number of halogens is 1. The lowest BCUT2D eigenvalue weighted by Gasteiger charge is -2.28. The Bertz CT molecular complexity index is 1030. The van der Waals surface area contributed by atoms with Crippen LogP contribution < -0.4 is 5.73 Å². The van der Waals surface area contributed by atoms with Crippen LogP contribution in [0.3, 0.4) is 0 Å². The van der Waals surface area contributed by atoms with Gasteiger partial charge in [-0.25, -0.2) is 4.98 Å². The third-order valence-corrected chi connectivity index (χ3v) is 5.91. The number of aromatic nitrogens is 2. The molecule has 0 saturated carbocycles. The van der Waals surface area contributed by atoms with Crippen molar-refractivity contribution in [3.63, 3.8) is 0 Å². The van der Waals surface area contributed by atoms with Crippen LogP contribution in [-0.4, -0.2) is 26.8 Å². The van der Waals surface area contributed by atoms with Gasteiger partial charge in [-0.3, -0.25) is 4.79 Å². The molecule has 0 fully saturated rings. The molecule has 28 heavy (non-hydrogen) atoms. The highest BCUT2D eigenvalue weighted by Crippen LogP contribution is 2.31. The standard InChI is InChI=1S/C21H23BrN4O2/c1-3-12(2)26(9-13-4-6-14(22)7-5-13)21(27)18-8-17-19(24-18)15-10-28-11-16(15)20(23)25-17/h4-8,12,24H,3,9-11H2,1-2H3,(H2,23,25)/t12-/m1/s1. The van der Waals surface area contributed by atoms with Gasteiger partial charge < -0.3 is 20.4 Å². The summed E-state index contributed by atoms with van der Waals surface area (Å²) in [6, 6.07) is 9.95. The number of aromatic amines is 1. The largest absolute Gasteiger partial charge is 0.383 e. The molecule has 3 aromatic rings. The number of pyridine rings is 1. The van der Waals surface area contributed by atoms with Gasteiger partial charge in [-0.15, -0.1) is 0 Å². The number of rotatable bonds is 5. The fourth-order valence-electron chi connectivity index (χ4n) is 3.54. The van der Waals surface area contributed by atoms with E-state index in [1.165, 1.54) is 0 Å². The first-order chi connectivity index (χ1) is 13.5. The Hall–Kier alpha value is -2.38. The maximum absolute atomic E-state index is 13.4. The van der Waals surface area contributed by atoms with Crippen LogP contribution in [0.1, 0.15) is 47.4 Å². The van der Waals surface area contributed by atoms with E-state index >= 15 is 0 Å². The van der Waals surface area contributed by atoms with Crippen LogP contribution in [0, 0.1) is 0 Å². The zero-order valence-electron chi connectivity index (χ0n) is 16.0. The molecule has 1 aliphatic rings. The Morgan fingerprint density at radius 1 is 1.32 bits per heavy atom. The van der Waals surface area contributed by atoms with Crippen molar-refractivity contribution >= 4 is 38.7 Å². The fraction of sp³-hybridized carbons (Fsp3) is 0.333. The van der Waals surface area contributed by atoms with Gasteiger partial charge in [0.25, 0.3) is 5.91 Å². The van der Waals surface area contributed by atoms with Gasteiger partial charge in [0.05, 0.1) is 24.2 Å². The van der Waals surface area contributed by atoms with Gasteiger partial charge in [-0.1, -0.05) is 35.0 Å². The minimum Gasteiger partial charge on any atom is -0.383 e. The van der Waals surface area contributed by atoms with E-state index in [-0.39, 0.29) is 11.9 Å². The maximum atomic E-state index is 13.4. The van der Waals surface area contributed by atoms with Crippen LogP contribution >= 0.6 is 15.9 Å². The van der Waals surface area contributed by atoms with Crippen molar-refractivity contribution in [2.75, 3.05) is 5.73 Å². The molecular weight excluding hydrogens is 420 g/mol. The average molecular weight is 443 g/mol. The number of hydrogen-bond acceptors (Lipinski definition) is 4. The van der Waals surface area contributed by atoms with Crippen LogP contribution in [0.5, 0.6) is 0 Å². The van der Waals surface area contributed by atoms with Crippen molar-refractivity contribution < 1.29 is 9.53 Å². The summed E-state index contributed by atoms with van der Waals surface area (Å²) < 4.78 is 6.55. The number of amides is 1. The number of fused-ring (bicyclic) bond motifs is 3. The van der Waals surface area contributed by atoms with Crippen LogP contribution in [0.2, 0.25) is 0 Å². The molecule has 7 heteroatoms. The Morgan fingerprint density at radius 3 is 2.75 bits per heavy atom. The Kier molecular flexibility index (Phi) is 5.12. The maximum Gasteiger partial charge on any atom is 0.270 e. The highest BCUT2D eigenvalue weighted by Gasteiger charge is 2.25. The van der Waals surface area contributed by atoms with Gasteiger partial charge in [0.2, 0.25) is 0 Å². The first kappa shape index (κ1) is 19.0. The number of nitrogens with zero attached hydrogens (tertiary/aromatic N) is 2. The summed E-state index contributed by atoms with van der Waals surface area (Å²) in [5.74, 6) is 0.438. The van der Waals surface area contributed by atoms with Gasteiger partial charge in [-0.05, 0) is 37.1 Å². The van der Waals surface area contributed by atoms with Crippen molar-refractivity contribution in [1.29, 1.82) is 0 Å². The monoisotopic (exact) mass is 442 g/mol. The van der Waals surface area contributed by atoms with Crippen molar-refractivity contribution in [2.45, 2.75) is 46.1 Å². The molecule has 6 nitrogen and oxygen atoms in total. The van der Waals surface area contributed by atoms with Crippen molar-refractivity contribution in [1.82, 2.24) is 14.9 Å². The van der Waals surface area contributed by atoms with Gasteiger partial charge in [-0.2, -0.15) is 0 Å². The fourth-order valence-corrected chi connectivity index (χ4v) is 3.81. The first-order valence-electron chi connectivity index (χ1n) is 9.41. The Labute approximate surface area is 172 Å². The predicted molar refractivity (Wildman–Crippen MR) is 113 cm³/mol. The van der Waals surface area contributed by atoms with E-state index in [1.807, 2.05) is 29.2 Å². The van der Waals surface area contributed by atoms with Gasteiger partial charge in [0.1, 0.15) is 11.5 Å². The summed E-state index contributed by atoms with van der Waals surface area (Å²) in [7, 11) is 0. The highest BCUT2D eigenvalue weighted by molar-refractivity contribution is 9.10. The summed E-state index contributed by atoms with van der Waals surface area (Å²) in [5, 5.41) is 0. The van der Waals surface area contributed by atoms with Crippen molar-refractivity contribution in [3.8, 4) is 0 Å². The molecule has 3 heterocycles. The molecule has 146 valence electrons.